The maximum atomic E-state index is 5.32. The van der Waals surface area contributed by atoms with Gasteiger partial charge in [0.1, 0.15) is 0 Å². The van der Waals surface area contributed by atoms with Gasteiger partial charge in [0.2, 0.25) is 5.89 Å². The van der Waals surface area contributed by atoms with E-state index in [1.54, 1.807) is 7.11 Å². The van der Waals surface area contributed by atoms with Crippen LogP contribution in [0.25, 0.3) is 0 Å². The highest BCUT2D eigenvalue weighted by molar-refractivity contribution is 4.95. The van der Waals surface area contributed by atoms with E-state index < -0.39 is 0 Å². The summed E-state index contributed by atoms with van der Waals surface area (Å²) in [4.78, 5) is 4.27. The van der Waals surface area contributed by atoms with Crippen LogP contribution in [0.15, 0.2) is 4.52 Å². The molecule has 0 radical (unpaired) electrons. The first kappa shape index (κ1) is 10.5. The summed E-state index contributed by atoms with van der Waals surface area (Å²) in [5.41, 5.74) is 0. The average molecular weight is 213 g/mol. The van der Waals surface area contributed by atoms with Gasteiger partial charge in [0, 0.05) is 13.7 Å². The van der Waals surface area contributed by atoms with Gasteiger partial charge >= 0.3 is 0 Å². The maximum absolute atomic E-state index is 5.32. The van der Waals surface area contributed by atoms with E-state index in [-0.39, 0.29) is 6.04 Å². The second kappa shape index (κ2) is 5.20. The van der Waals surface area contributed by atoms with Crippen LogP contribution in [-0.4, -0.2) is 43.6 Å². The number of ether oxygens (including phenoxy) is 2. The lowest BCUT2D eigenvalue weighted by atomic mass is 10.2. The predicted octanol–water partition coefficient (Wildman–Crippen LogP) is -0.0806. The third-order valence-electron chi connectivity index (χ3n) is 2.24. The summed E-state index contributed by atoms with van der Waals surface area (Å²) >= 11 is 0. The summed E-state index contributed by atoms with van der Waals surface area (Å²) in [5.74, 6) is 1.28. The van der Waals surface area contributed by atoms with Gasteiger partial charge in [-0.1, -0.05) is 5.16 Å². The number of aromatic nitrogens is 2. The lowest BCUT2D eigenvalue weighted by molar-refractivity contribution is 0.0734. The lowest BCUT2D eigenvalue weighted by Crippen LogP contribution is -2.35. The van der Waals surface area contributed by atoms with E-state index in [2.05, 4.69) is 15.5 Å². The van der Waals surface area contributed by atoms with Crippen LogP contribution < -0.4 is 5.32 Å². The van der Waals surface area contributed by atoms with E-state index >= 15 is 0 Å². The van der Waals surface area contributed by atoms with Crippen LogP contribution in [0.2, 0.25) is 0 Å². The SMILES string of the molecule is COCCc1nc(C2COCCN2)no1. The zero-order valence-electron chi connectivity index (χ0n) is 8.73. The Balaban J connectivity index is 1.93. The van der Waals surface area contributed by atoms with E-state index in [9.17, 15) is 0 Å². The number of morpholine rings is 1. The van der Waals surface area contributed by atoms with Crippen molar-refractivity contribution >= 4 is 0 Å². The van der Waals surface area contributed by atoms with Crippen molar-refractivity contribution in [3.8, 4) is 0 Å². The van der Waals surface area contributed by atoms with Gasteiger partial charge in [0.15, 0.2) is 5.82 Å². The van der Waals surface area contributed by atoms with Crippen molar-refractivity contribution in [1.29, 1.82) is 0 Å². The third kappa shape index (κ3) is 2.74. The molecule has 0 bridgehead atoms. The zero-order valence-corrected chi connectivity index (χ0v) is 8.73. The molecule has 0 saturated carbocycles. The molecule has 1 fully saturated rings. The largest absolute Gasteiger partial charge is 0.384 e. The van der Waals surface area contributed by atoms with Gasteiger partial charge in [0.25, 0.3) is 0 Å². The molecule has 0 spiro atoms. The Bertz CT molecular complexity index is 297. The first-order chi connectivity index (χ1) is 7.40. The molecule has 1 aliphatic rings. The zero-order chi connectivity index (χ0) is 10.5. The molecule has 0 amide bonds. The van der Waals surface area contributed by atoms with Crippen molar-refractivity contribution in [1.82, 2.24) is 15.5 Å². The number of nitrogens with zero attached hydrogens (tertiary/aromatic N) is 2. The fourth-order valence-corrected chi connectivity index (χ4v) is 1.43. The molecule has 0 aromatic carbocycles. The van der Waals surface area contributed by atoms with Gasteiger partial charge < -0.3 is 19.3 Å². The highest BCUT2D eigenvalue weighted by Gasteiger charge is 2.20. The second-order valence-corrected chi connectivity index (χ2v) is 3.37. The molecular formula is C9H15N3O3. The van der Waals surface area contributed by atoms with Crippen molar-refractivity contribution in [2.24, 2.45) is 0 Å². The normalized spacial score (nSPS) is 21.8. The Morgan fingerprint density at radius 3 is 3.27 bits per heavy atom. The Labute approximate surface area is 87.9 Å². The number of nitrogens with one attached hydrogen (secondary N) is 1. The summed E-state index contributed by atoms with van der Waals surface area (Å²) in [6.07, 6.45) is 0.650. The molecule has 1 aromatic heterocycles. The Morgan fingerprint density at radius 1 is 1.60 bits per heavy atom. The number of methoxy groups -OCH3 is 1. The number of rotatable bonds is 4. The number of hydrogen-bond donors (Lipinski definition) is 1. The quantitative estimate of drug-likeness (QED) is 0.754. The van der Waals surface area contributed by atoms with Crippen LogP contribution in [0.3, 0.4) is 0 Å². The summed E-state index contributed by atoms with van der Waals surface area (Å²) < 4.78 is 15.3. The minimum atomic E-state index is 0.0544. The third-order valence-corrected chi connectivity index (χ3v) is 2.24. The van der Waals surface area contributed by atoms with Crippen LogP contribution >= 0.6 is 0 Å². The van der Waals surface area contributed by atoms with E-state index in [0.29, 0.717) is 31.3 Å². The Kier molecular flexibility index (Phi) is 3.65. The lowest BCUT2D eigenvalue weighted by Gasteiger charge is -2.20. The Hall–Kier alpha value is -0.980. The molecule has 15 heavy (non-hydrogen) atoms. The molecular weight excluding hydrogens is 198 g/mol. The van der Waals surface area contributed by atoms with E-state index in [4.69, 9.17) is 14.0 Å². The fraction of sp³-hybridized carbons (Fsp3) is 0.778. The molecule has 2 rings (SSSR count). The predicted molar refractivity (Wildman–Crippen MR) is 51.4 cm³/mol. The Morgan fingerprint density at radius 2 is 2.53 bits per heavy atom. The summed E-state index contributed by atoms with van der Waals surface area (Å²) in [7, 11) is 1.65. The molecule has 84 valence electrons. The first-order valence-electron chi connectivity index (χ1n) is 5.02. The molecule has 1 atom stereocenters. The van der Waals surface area contributed by atoms with Crippen molar-refractivity contribution in [2.45, 2.75) is 12.5 Å². The van der Waals surface area contributed by atoms with Crippen molar-refractivity contribution in [3.05, 3.63) is 11.7 Å². The van der Waals surface area contributed by atoms with E-state index in [1.165, 1.54) is 0 Å². The molecule has 1 N–H and O–H groups in total. The van der Waals surface area contributed by atoms with Crippen molar-refractivity contribution in [2.75, 3.05) is 33.5 Å². The second-order valence-electron chi connectivity index (χ2n) is 3.37. The van der Waals surface area contributed by atoms with Crippen LogP contribution in [0.5, 0.6) is 0 Å². The highest BCUT2D eigenvalue weighted by atomic mass is 16.5. The van der Waals surface area contributed by atoms with Gasteiger partial charge in [-0.05, 0) is 0 Å². The monoisotopic (exact) mass is 213 g/mol. The molecule has 1 saturated heterocycles. The van der Waals surface area contributed by atoms with E-state index in [1.807, 2.05) is 0 Å². The van der Waals surface area contributed by atoms with Gasteiger partial charge in [-0.2, -0.15) is 4.98 Å². The summed E-state index contributed by atoms with van der Waals surface area (Å²) in [6.45, 7) is 2.76. The molecule has 0 aliphatic carbocycles. The summed E-state index contributed by atoms with van der Waals surface area (Å²) in [5, 5.41) is 7.17. The molecule has 2 heterocycles. The molecule has 6 nitrogen and oxygen atoms in total. The van der Waals surface area contributed by atoms with E-state index in [0.717, 1.165) is 13.2 Å². The molecule has 6 heteroatoms. The van der Waals surface area contributed by atoms with Gasteiger partial charge in [-0.3, -0.25) is 0 Å². The summed E-state index contributed by atoms with van der Waals surface area (Å²) in [6, 6.07) is 0.0544. The molecule has 1 aromatic rings. The average Bonchev–Trinajstić information content (AvgIpc) is 2.76. The van der Waals surface area contributed by atoms with Crippen LogP contribution in [0.1, 0.15) is 17.8 Å². The minimum Gasteiger partial charge on any atom is -0.384 e. The standard InChI is InChI=1S/C9H15N3O3/c1-13-4-2-8-11-9(12-15-8)7-6-14-5-3-10-7/h7,10H,2-6H2,1H3. The maximum Gasteiger partial charge on any atom is 0.229 e. The first-order valence-corrected chi connectivity index (χ1v) is 5.02. The smallest absolute Gasteiger partial charge is 0.229 e. The molecule has 1 aliphatic heterocycles. The van der Waals surface area contributed by atoms with Crippen LogP contribution in [-0.2, 0) is 15.9 Å². The van der Waals surface area contributed by atoms with Crippen molar-refractivity contribution < 1.29 is 14.0 Å². The van der Waals surface area contributed by atoms with Crippen LogP contribution in [0, 0.1) is 0 Å². The molecule has 1 unspecified atom stereocenters. The minimum absolute atomic E-state index is 0.0544. The fourth-order valence-electron chi connectivity index (χ4n) is 1.43. The van der Waals surface area contributed by atoms with Gasteiger partial charge in [0.05, 0.1) is 32.3 Å². The number of hydrogen-bond acceptors (Lipinski definition) is 6. The van der Waals surface area contributed by atoms with Gasteiger partial charge in [-0.25, -0.2) is 0 Å². The van der Waals surface area contributed by atoms with Crippen molar-refractivity contribution in [3.63, 3.8) is 0 Å². The van der Waals surface area contributed by atoms with Gasteiger partial charge in [-0.15, -0.1) is 0 Å². The topological polar surface area (TPSA) is 69.4 Å². The highest BCUT2D eigenvalue weighted by Crippen LogP contribution is 2.12. The van der Waals surface area contributed by atoms with Crippen LogP contribution in [0.4, 0.5) is 0 Å².